The predicted octanol–water partition coefficient (Wildman–Crippen LogP) is 3.39. The largest absolute Gasteiger partial charge is 0.478 e. The molecule has 0 amide bonds. The normalized spacial score (nSPS) is 9.89. The molecule has 5 heteroatoms. The Labute approximate surface area is 109 Å². The Balaban J connectivity index is 2.16. The summed E-state index contributed by atoms with van der Waals surface area (Å²) in [7, 11) is 0. The highest BCUT2D eigenvalue weighted by atomic mass is 16.4. The highest BCUT2D eigenvalue weighted by molar-refractivity contribution is 5.90. The van der Waals surface area contributed by atoms with Gasteiger partial charge in [-0.15, -0.1) is 4.91 Å². The summed E-state index contributed by atoms with van der Waals surface area (Å²) in [6.07, 6.45) is 0. The number of carboxylic acid groups (broad SMARTS) is 1. The van der Waals surface area contributed by atoms with Gasteiger partial charge in [-0.25, -0.2) is 4.79 Å². The van der Waals surface area contributed by atoms with Gasteiger partial charge >= 0.3 is 5.97 Å². The van der Waals surface area contributed by atoms with Crippen LogP contribution in [0.5, 0.6) is 0 Å². The first-order chi connectivity index (χ1) is 9.20. The van der Waals surface area contributed by atoms with Crippen LogP contribution >= 0.6 is 0 Å². The minimum atomic E-state index is -1.08. The maximum absolute atomic E-state index is 10.8. The summed E-state index contributed by atoms with van der Waals surface area (Å²) < 4.78 is 0. The van der Waals surface area contributed by atoms with E-state index in [0.717, 1.165) is 5.56 Å². The Hall–Kier alpha value is -2.69. The summed E-state index contributed by atoms with van der Waals surface area (Å²) in [6, 6.07) is 13.9. The predicted molar refractivity (Wildman–Crippen MR) is 72.6 cm³/mol. The zero-order chi connectivity index (χ0) is 13.7. The van der Waals surface area contributed by atoms with Gasteiger partial charge in [-0.1, -0.05) is 30.3 Å². The molecule has 0 aliphatic rings. The average Bonchev–Trinajstić information content (AvgIpc) is 2.45. The molecule has 0 fully saturated rings. The van der Waals surface area contributed by atoms with Crippen LogP contribution < -0.4 is 5.32 Å². The third kappa shape index (κ3) is 3.16. The van der Waals surface area contributed by atoms with Gasteiger partial charge < -0.3 is 10.4 Å². The van der Waals surface area contributed by atoms with Crippen LogP contribution in [0.25, 0.3) is 0 Å². The Morgan fingerprint density at radius 1 is 1.16 bits per heavy atom. The Kier molecular flexibility index (Phi) is 3.87. The standard InChI is InChI=1S/C14H12N2O3/c17-14(18)11-6-7-12(13(8-11)16-19)15-9-10-4-2-1-3-5-10/h1-8,15H,9H2,(H,17,18). The highest BCUT2D eigenvalue weighted by Gasteiger charge is 2.08. The first-order valence-corrected chi connectivity index (χ1v) is 5.69. The van der Waals surface area contributed by atoms with Crippen molar-refractivity contribution >= 4 is 17.3 Å². The lowest BCUT2D eigenvalue weighted by Crippen LogP contribution is -2.01. The smallest absolute Gasteiger partial charge is 0.335 e. The van der Waals surface area contributed by atoms with Crippen LogP contribution in [0.3, 0.4) is 0 Å². The van der Waals surface area contributed by atoms with Crippen molar-refractivity contribution in [2.75, 3.05) is 5.32 Å². The monoisotopic (exact) mass is 256 g/mol. The van der Waals surface area contributed by atoms with Crippen molar-refractivity contribution in [3.63, 3.8) is 0 Å². The van der Waals surface area contributed by atoms with E-state index in [4.69, 9.17) is 5.11 Å². The number of carbonyl (C=O) groups is 1. The number of nitrogens with zero attached hydrogens (tertiary/aromatic N) is 1. The number of anilines is 1. The molecule has 19 heavy (non-hydrogen) atoms. The maximum atomic E-state index is 10.8. The molecular weight excluding hydrogens is 244 g/mol. The van der Waals surface area contributed by atoms with Crippen molar-refractivity contribution in [2.24, 2.45) is 5.18 Å². The molecule has 2 N–H and O–H groups in total. The number of rotatable bonds is 5. The van der Waals surface area contributed by atoms with Gasteiger partial charge in [-0.3, -0.25) is 0 Å². The second-order valence-corrected chi connectivity index (χ2v) is 3.97. The SMILES string of the molecule is O=Nc1cc(C(=O)O)ccc1NCc1ccccc1. The van der Waals surface area contributed by atoms with Crippen molar-refractivity contribution in [1.82, 2.24) is 0 Å². The molecule has 5 nitrogen and oxygen atoms in total. The highest BCUT2D eigenvalue weighted by Crippen LogP contribution is 2.26. The molecule has 0 aliphatic heterocycles. The number of hydrogen-bond acceptors (Lipinski definition) is 4. The van der Waals surface area contributed by atoms with Gasteiger partial charge in [0.2, 0.25) is 0 Å². The molecule has 2 rings (SSSR count). The van der Waals surface area contributed by atoms with Crippen LogP contribution in [0.15, 0.2) is 53.7 Å². The van der Waals surface area contributed by atoms with E-state index in [1.807, 2.05) is 30.3 Å². The molecule has 0 radical (unpaired) electrons. The van der Waals surface area contributed by atoms with E-state index < -0.39 is 5.97 Å². The minimum Gasteiger partial charge on any atom is -0.478 e. The number of hydrogen-bond donors (Lipinski definition) is 2. The van der Waals surface area contributed by atoms with Crippen molar-refractivity contribution < 1.29 is 9.90 Å². The van der Waals surface area contributed by atoms with Gasteiger partial charge in [0.25, 0.3) is 0 Å². The van der Waals surface area contributed by atoms with E-state index >= 15 is 0 Å². The zero-order valence-corrected chi connectivity index (χ0v) is 10.0. The molecular formula is C14H12N2O3. The number of benzene rings is 2. The van der Waals surface area contributed by atoms with Gasteiger partial charge in [0.15, 0.2) is 0 Å². The third-order valence-electron chi connectivity index (χ3n) is 2.67. The molecule has 0 aliphatic carbocycles. The van der Waals surface area contributed by atoms with E-state index in [9.17, 15) is 9.70 Å². The van der Waals surface area contributed by atoms with E-state index in [0.29, 0.717) is 12.2 Å². The minimum absolute atomic E-state index is 0.0415. The lowest BCUT2D eigenvalue weighted by Gasteiger charge is -2.08. The summed E-state index contributed by atoms with van der Waals surface area (Å²) in [6.45, 7) is 0.537. The summed E-state index contributed by atoms with van der Waals surface area (Å²) >= 11 is 0. The molecule has 0 unspecified atom stereocenters. The third-order valence-corrected chi connectivity index (χ3v) is 2.67. The van der Waals surface area contributed by atoms with Crippen LogP contribution in [-0.4, -0.2) is 11.1 Å². The van der Waals surface area contributed by atoms with Crippen LogP contribution in [-0.2, 0) is 6.54 Å². The molecule has 0 heterocycles. The molecule has 2 aromatic carbocycles. The molecule has 96 valence electrons. The van der Waals surface area contributed by atoms with Crippen molar-refractivity contribution in [3.05, 3.63) is 64.6 Å². The van der Waals surface area contributed by atoms with Gasteiger partial charge in [0.05, 0.1) is 11.3 Å². The maximum Gasteiger partial charge on any atom is 0.335 e. The second kappa shape index (κ2) is 5.77. The Bertz CT molecular complexity index is 597. The van der Waals surface area contributed by atoms with Gasteiger partial charge in [-0.05, 0) is 28.9 Å². The van der Waals surface area contributed by atoms with E-state index in [1.54, 1.807) is 6.07 Å². The van der Waals surface area contributed by atoms with E-state index in [-0.39, 0.29) is 11.3 Å². The first kappa shape index (κ1) is 12.8. The van der Waals surface area contributed by atoms with Gasteiger partial charge in [0, 0.05) is 6.54 Å². The molecule has 0 bridgehead atoms. The van der Waals surface area contributed by atoms with Crippen molar-refractivity contribution in [2.45, 2.75) is 6.54 Å². The summed E-state index contributed by atoms with van der Waals surface area (Å²) in [5.41, 5.74) is 1.71. The summed E-state index contributed by atoms with van der Waals surface area (Å²) in [4.78, 5) is 21.5. The molecule has 0 spiro atoms. The molecule has 2 aromatic rings. The van der Waals surface area contributed by atoms with Crippen LogP contribution in [0.4, 0.5) is 11.4 Å². The lowest BCUT2D eigenvalue weighted by atomic mass is 10.1. The second-order valence-electron chi connectivity index (χ2n) is 3.97. The molecule has 0 saturated carbocycles. The summed E-state index contributed by atoms with van der Waals surface area (Å²) in [5.74, 6) is -1.08. The van der Waals surface area contributed by atoms with Crippen molar-refractivity contribution in [1.29, 1.82) is 0 Å². The van der Waals surface area contributed by atoms with Crippen LogP contribution in [0.2, 0.25) is 0 Å². The fourth-order valence-electron chi connectivity index (χ4n) is 1.68. The topological polar surface area (TPSA) is 78.8 Å². The number of carboxylic acids is 1. The van der Waals surface area contributed by atoms with E-state index in [1.165, 1.54) is 12.1 Å². The van der Waals surface area contributed by atoms with Gasteiger partial charge in [0.1, 0.15) is 5.69 Å². The van der Waals surface area contributed by atoms with Crippen LogP contribution in [0, 0.1) is 4.91 Å². The van der Waals surface area contributed by atoms with Crippen molar-refractivity contribution in [3.8, 4) is 0 Å². The first-order valence-electron chi connectivity index (χ1n) is 5.69. The number of nitroso groups, excluding NO2 is 1. The Morgan fingerprint density at radius 2 is 1.89 bits per heavy atom. The van der Waals surface area contributed by atoms with Crippen LogP contribution in [0.1, 0.15) is 15.9 Å². The van der Waals surface area contributed by atoms with E-state index in [2.05, 4.69) is 10.5 Å². The quantitative estimate of drug-likeness (QED) is 0.803. The average molecular weight is 256 g/mol. The number of aromatic carboxylic acids is 1. The van der Waals surface area contributed by atoms with Gasteiger partial charge in [-0.2, -0.15) is 0 Å². The fourth-order valence-corrected chi connectivity index (χ4v) is 1.68. The Morgan fingerprint density at radius 3 is 2.53 bits per heavy atom. The molecule has 0 atom stereocenters. The zero-order valence-electron chi connectivity index (χ0n) is 10.0. The summed E-state index contributed by atoms with van der Waals surface area (Å²) in [5, 5.41) is 14.7. The molecule has 0 aromatic heterocycles. The fraction of sp³-hybridized carbons (Fsp3) is 0.0714. The number of nitrogens with one attached hydrogen (secondary N) is 1. The molecule has 0 saturated heterocycles. The lowest BCUT2D eigenvalue weighted by molar-refractivity contribution is 0.0697.